The molecule has 0 aliphatic heterocycles. The van der Waals surface area contributed by atoms with Crippen molar-refractivity contribution in [3.8, 4) is 6.07 Å². The second kappa shape index (κ2) is 9.38. The largest absolute Gasteiger partial charge is 0.463 e. The van der Waals surface area contributed by atoms with Gasteiger partial charge in [-0.2, -0.15) is 5.26 Å². The number of methoxy groups -OCH3 is 1. The molecule has 0 aliphatic rings. The van der Waals surface area contributed by atoms with E-state index < -0.39 is 0 Å². The maximum absolute atomic E-state index is 8.64. The number of allylic oxidation sites excluding steroid dienone is 1. The number of hydrogen-bond donors (Lipinski definition) is 0. The van der Waals surface area contributed by atoms with E-state index in [-0.39, 0.29) is 6.79 Å². The van der Waals surface area contributed by atoms with E-state index in [1.165, 1.54) is 5.56 Å². The summed E-state index contributed by atoms with van der Waals surface area (Å²) >= 11 is 0. The molecule has 0 amide bonds. The summed E-state index contributed by atoms with van der Waals surface area (Å²) in [5, 5.41) is 8.64. The Morgan fingerprint density at radius 1 is 1.48 bits per heavy atom. The molecular weight excluding hydrogens is 266 g/mol. The van der Waals surface area contributed by atoms with E-state index in [0.717, 1.165) is 36.3 Å². The third-order valence-electron chi connectivity index (χ3n) is 3.56. The lowest BCUT2D eigenvalue weighted by atomic mass is 9.95. The van der Waals surface area contributed by atoms with Crippen molar-refractivity contribution in [3.05, 3.63) is 35.3 Å². The summed E-state index contributed by atoms with van der Waals surface area (Å²) in [6, 6.07) is 2.18. The van der Waals surface area contributed by atoms with Crippen LogP contribution in [-0.4, -0.2) is 13.9 Å². The molecule has 4 heteroatoms. The van der Waals surface area contributed by atoms with Crippen molar-refractivity contribution in [1.82, 2.24) is 0 Å². The Hall–Kier alpha value is -1.57. The van der Waals surface area contributed by atoms with E-state index in [4.69, 9.17) is 19.2 Å². The average molecular weight is 291 g/mol. The molecule has 1 atom stereocenters. The first-order valence-electron chi connectivity index (χ1n) is 7.31. The molecule has 0 aliphatic carbocycles. The highest BCUT2D eigenvalue weighted by Gasteiger charge is 2.20. The van der Waals surface area contributed by atoms with Gasteiger partial charge in [-0.3, -0.25) is 0 Å². The summed E-state index contributed by atoms with van der Waals surface area (Å²) in [6.45, 7) is 8.68. The van der Waals surface area contributed by atoms with Gasteiger partial charge in [0.05, 0.1) is 6.07 Å². The Morgan fingerprint density at radius 3 is 2.86 bits per heavy atom. The van der Waals surface area contributed by atoms with Gasteiger partial charge in [0.1, 0.15) is 24.9 Å². The normalized spacial score (nSPS) is 12.1. The zero-order valence-electron chi connectivity index (χ0n) is 13.3. The SMILES string of the molecule is C=CCc1c(C(C)CCCC#N)oc(COCOC)c1C. The molecule has 1 rings (SSSR count). The van der Waals surface area contributed by atoms with Gasteiger partial charge in [-0.1, -0.05) is 13.0 Å². The zero-order valence-corrected chi connectivity index (χ0v) is 13.3. The third kappa shape index (κ3) is 5.04. The van der Waals surface area contributed by atoms with E-state index in [0.29, 0.717) is 18.9 Å². The molecule has 1 aromatic heterocycles. The van der Waals surface area contributed by atoms with Gasteiger partial charge in [-0.05, 0) is 31.7 Å². The average Bonchev–Trinajstić information content (AvgIpc) is 2.78. The number of hydrogen-bond acceptors (Lipinski definition) is 4. The Balaban J connectivity index is 2.87. The van der Waals surface area contributed by atoms with E-state index in [2.05, 4.69) is 26.5 Å². The van der Waals surface area contributed by atoms with Crippen molar-refractivity contribution in [2.45, 2.75) is 52.1 Å². The van der Waals surface area contributed by atoms with E-state index in [1.807, 2.05) is 6.08 Å². The molecule has 0 radical (unpaired) electrons. The Bertz CT molecular complexity index is 485. The molecule has 1 heterocycles. The summed E-state index contributed by atoms with van der Waals surface area (Å²) in [7, 11) is 1.60. The van der Waals surface area contributed by atoms with Crippen LogP contribution < -0.4 is 0 Å². The lowest BCUT2D eigenvalue weighted by Gasteiger charge is -2.09. The van der Waals surface area contributed by atoms with Crippen LogP contribution in [0.4, 0.5) is 0 Å². The molecule has 0 spiro atoms. The van der Waals surface area contributed by atoms with Gasteiger partial charge in [-0.15, -0.1) is 6.58 Å². The number of unbranched alkanes of at least 4 members (excludes halogenated alkanes) is 1. The van der Waals surface area contributed by atoms with Crippen LogP contribution in [0, 0.1) is 18.3 Å². The van der Waals surface area contributed by atoms with E-state index >= 15 is 0 Å². The minimum atomic E-state index is 0.254. The number of furan rings is 1. The van der Waals surface area contributed by atoms with Gasteiger partial charge in [0.25, 0.3) is 0 Å². The van der Waals surface area contributed by atoms with Crippen LogP contribution in [0.1, 0.15) is 54.8 Å². The molecule has 0 bridgehead atoms. The van der Waals surface area contributed by atoms with Crippen molar-refractivity contribution in [1.29, 1.82) is 5.26 Å². The Morgan fingerprint density at radius 2 is 2.24 bits per heavy atom. The molecule has 0 saturated heterocycles. The van der Waals surface area contributed by atoms with Crippen LogP contribution in [0.3, 0.4) is 0 Å². The van der Waals surface area contributed by atoms with Crippen molar-refractivity contribution in [2.24, 2.45) is 0 Å². The number of nitrogens with zero attached hydrogens (tertiary/aromatic N) is 1. The molecule has 0 N–H and O–H groups in total. The van der Waals surface area contributed by atoms with Crippen molar-refractivity contribution in [3.63, 3.8) is 0 Å². The molecule has 1 aromatic rings. The summed E-state index contributed by atoms with van der Waals surface area (Å²) in [5.41, 5.74) is 2.33. The van der Waals surface area contributed by atoms with Crippen LogP contribution >= 0.6 is 0 Å². The van der Waals surface area contributed by atoms with Crippen LogP contribution in [0.2, 0.25) is 0 Å². The van der Waals surface area contributed by atoms with Crippen LogP contribution in [0.15, 0.2) is 17.1 Å². The van der Waals surface area contributed by atoms with Crippen LogP contribution in [0.5, 0.6) is 0 Å². The second-order valence-corrected chi connectivity index (χ2v) is 5.19. The van der Waals surface area contributed by atoms with Crippen molar-refractivity contribution < 1.29 is 13.9 Å². The monoisotopic (exact) mass is 291 g/mol. The number of rotatable bonds is 10. The summed E-state index contributed by atoms with van der Waals surface area (Å²) in [5.74, 6) is 2.15. The molecule has 0 aromatic carbocycles. The van der Waals surface area contributed by atoms with Crippen LogP contribution in [-0.2, 0) is 22.5 Å². The van der Waals surface area contributed by atoms with Gasteiger partial charge in [0.15, 0.2) is 0 Å². The molecule has 21 heavy (non-hydrogen) atoms. The fraction of sp³-hybridized carbons (Fsp3) is 0.588. The fourth-order valence-electron chi connectivity index (χ4n) is 2.39. The highest BCUT2D eigenvalue weighted by Crippen LogP contribution is 2.32. The minimum absolute atomic E-state index is 0.254. The molecule has 116 valence electrons. The number of nitriles is 1. The first kappa shape index (κ1) is 17.5. The number of ether oxygens (including phenoxy) is 2. The Kier molecular flexibility index (Phi) is 7.81. The summed E-state index contributed by atoms with van der Waals surface area (Å²) in [4.78, 5) is 0. The summed E-state index contributed by atoms with van der Waals surface area (Å²) in [6.07, 6.45) is 5.11. The predicted molar refractivity (Wildman–Crippen MR) is 81.9 cm³/mol. The highest BCUT2D eigenvalue weighted by molar-refractivity contribution is 5.35. The smallest absolute Gasteiger partial charge is 0.146 e. The molecule has 4 nitrogen and oxygen atoms in total. The van der Waals surface area contributed by atoms with Crippen molar-refractivity contribution >= 4 is 0 Å². The lowest BCUT2D eigenvalue weighted by molar-refractivity contribution is -0.0444. The fourth-order valence-corrected chi connectivity index (χ4v) is 2.39. The predicted octanol–water partition coefficient (Wildman–Crippen LogP) is 4.23. The lowest BCUT2D eigenvalue weighted by Crippen LogP contribution is -1.97. The van der Waals surface area contributed by atoms with Gasteiger partial charge >= 0.3 is 0 Å². The standard InChI is InChI=1S/C17H25NO3/c1-5-8-15-14(3)16(11-20-12-19-4)21-17(15)13(2)9-6-7-10-18/h5,13H,1,6-9,11-12H2,2-4H3. The van der Waals surface area contributed by atoms with Gasteiger partial charge < -0.3 is 13.9 Å². The van der Waals surface area contributed by atoms with Crippen molar-refractivity contribution in [2.75, 3.05) is 13.9 Å². The second-order valence-electron chi connectivity index (χ2n) is 5.19. The zero-order chi connectivity index (χ0) is 15.7. The minimum Gasteiger partial charge on any atom is -0.463 e. The van der Waals surface area contributed by atoms with Gasteiger partial charge in [-0.25, -0.2) is 0 Å². The molecule has 0 saturated carbocycles. The van der Waals surface area contributed by atoms with Gasteiger partial charge in [0, 0.05) is 25.0 Å². The third-order valence-corrected chi connectivity index (χ3v) is 3.56. The van der Waals surface area contributed by atoms with E-state index in [9.17, 15) is 0 Å². The molecular formula is C17H25NO3. The maximum atomic E-state index is 8.64. The van der Waals surface area contributed by atoms with E-state index in [1.54, 1.807) is 7.11 Å². The quantitative estimate of drug-likeness (QED) is 0.367. The first-order chi connectivity index (χ1) is 10.2. The molecule has 1 unspecified atom stereocenters. The maximum Gasteiger partial charge on any atom is 0.146 e. The Labute approximate surface area is 127 Å². The molecule has 0 fully saturated rings. The van der Waals surface area contributed by atoms with Gasteiger partial charge in [0.2, 0.25) is 0 Å². The summed E-state index contributed by atoms with van der Waals surface area (Å²) < 4.78 is 16.3. The topological polar surface area (TPSA) is 55.4 Å². The van der Waals surface area contributed by atoms with Crippen LogP contribution in [0.25, 0.3) is 0 Å². The first-order valence-corrected chi connectivity index (χ1v) is 7.31. The highest BCUT2D eigenvalue weighted by atomic mass is 16.7.